The number of aromatic nitrogens is 2. The Labute approximate surface area is 125 Å². The summed E-state index contributed by atoms with van der Waals surface area (Å²) in [6.07, 6.45) is 1.62. The lowest BCUT2D eigenvalue weighted by Crippen LogP contribution is -2.13. The number of ether oxygens (including phenoxy) is 1. The molecule has 4 rings (SSSR count). The average molecular weight is 296 g/mol. The molecule has 0 fully saturated rings. The number of halogens is 1. The highest BCUT2D eigenvalue weighted by Gasteiger charge is 2.19. The zero-order valence-corrected chi connectivity index (χ0v) is 11.7. The highest BCUT2D eigenvalue weighted by atomic mass is 19.1. The van der Waals surface area contributed by atoms with Gasteiger partial charge >= 0.3 is 0 Å². The molecule has 22 heavy (non-hydrogen) atoms. The molecule has 4 nitrogen and oxygen atoms in total. The van der Waals surface area contributed by atoms with Crippen molar-refractivity contribution in [1.82, 2.24) is 9.97 Å². The van der Waals surface area contributed by atoms with E-state index < -0.39 is 0 Å². The van der Waals surface area contributed by atoms with Crippen molar-refractivity contribution in [2.45, 2.75) is 12.8 Å². The molecule has 2 heterocycles. The number of nitrogens with zero attached hydrogens (tertiary/aromatic N) is 1. The van der Waals surface area contributed by atoms with Crippen LogP contribution >= 0.6 is 0 Å². The molecule has 0 spiro atoms. The van der Waals surface area contributed by atoms with Gasteiger partial charge in [-0.25, -0.2) is 9.37 Å². The number of fused-ring (bicyclic) bond motifs is 2. The Bertz CT molecular complexity index is 934. The average Bonchev–Trinajstić information content (AvgIpc) is 2.54. The lowest BCUT2D eigenvalue weighted by Gasteiger charge is -2.20. The maximum Gasteiger partial charge on any atom is 0.259 e. The molecule has 1 N–H and O–H groups in total. The summed E-state index contributed by atoms with van der Waals surface area (Å²) in [5, 5.41) is 0.512. The fraction of sp³-hybridized carbons (Fsp3) is 0.176. The highest BCUT2D eigenvalue weighted by Crippen LogP contribution is 2.35. The fourth-order valence-corrected chi connectivity index (χ4v) is 2.83. The summed E-state index contributed by atoms with van der Waals surface area (Å²) in [4.78, 5) is 19.4. The molecule has 1 aliphatic heterocycles. The Morgan fingerprint density at radius 2 is 2.09 bits per heavy atom. The molecule has 0 saturated heterocycles. The maximum atomic E-state index is 13.9. The van der Waals surface area contributed by atoms with E-state index in [0.29, 0.717) is 34.6 Å². The molecule has 0 amide bonds. The fourth-order valence-electron chi connectivity index (χ4n) is 2.83. The predicted octanol–water partition coefficient (Wildman–Crippen LogP) is 3.05. The molecule has 0 aliphatic carbocycles. The van der Waals surface area contributed by atoms with Gasteiger partial charge in [0, 0.05) is 0 Å². The standard InChI is InChI=1S/C17H13FN2O2/c18-11-8-10-4-3-7-22-15(10)13(9-11)16-19-14-6-2-1-5-12(14)17(21)20-16/h1-2,5-6,8-9H,3-4,7H2,(H,19,20,21). The van der Waals surface area contributed by atoms with Gasteiger partial charge in [-0.05, 0) is 42.7 Å². The topological polar surface area (TPSA) is 55.0 Å². The first-order valence-corrected chi connectivity index (χ1v) is 7.17. The van der Waals surface area contributed by atoms with Crippen LogP contribution in [0.5, 0.6) is 5.75 Å². The lowest BCUT2D eigenvalue weighted by atomic mass is 10.0. The third kappa shape index (κ3) is 2.06. The van der Waals surface area contributed by atoms with Crippen LogP contribution in [-0.2, 0) is 6.42 Å². The maximum absolute atomic E-state index is 13.9. The monoisotopic (exact) mass is 296 g/mol. The third-order valence-corrected chi connectivity index (χ3v) is 3.84. The van der Waals surface area contributed by atoms with Crippen molar-refractivity contribution in [2.24, 2.45) is 0 Å². The number of H-pyrrole nitrogens is 1. The van der Waals surface area contributed by atoms with Gasteiger partial charge < -0.3 is 9.72 Å². The number of rotatable bonds is 1. The van der Waals surface area contributed by atoms with E-state index in [-0.39, 0.29) is 11.4 Å². The second-order valence-corrected chi connectivity index (χ2v) is 5.33. The van der Waals surface area contributed by atoms with Gasteiger partial charge in [0.15, 0.2) is 0 Å². The molecule has 110 valence electrons. The summed E-state index contributed by atoms with van der Waals surface area (Å²) in [5.41, 5.74) is 1.65. The second kappa shape index (κ2) is 4.94. The predicted molar refractivity (Wildman–Crippen MR) is 81.6 cm³/mol. The number of aryl methyl sites for hydroxylation is 1. The van der Waals surface area contributed by atoms with Crippen LogP contribution in [0, 0.1) is 5.82 Å². The number of aromatic amines is 1. The number of para-hydroxylation sites is 1. The molecule has 2 aromatic carbocycles. The molecule has 1 aliphatic rings. The molecule has 0 bridgehead atoms. The van der Waals surface area contributed by atoms with Crippen LogP contribution in [0.3, 0.4) is 0 Å². The molecule has 1 aromatic heterocycles. The molecule has 0 saturated carbocycles. The van der Waals surface area contributed by atoms with Crippen LogP contribution in [0.2, 0.25) is 0 Å². The van der Waals surface area contributed by atoms with Crippen molar-refractivity contribution < 1.29 is 9.13 Å². The summed E-state index contributed by atoms with van der Waals surface area (Å²) in [6, 6.07) is 9.92. The Morgan fingerprint density at radius 3 is 3.00 bits per heavy atom. The van der Waals surface area contributed by atoms with Gasteiger partial charge in [0.05, 0.1) is 23.1 Å². The van der Waals surface area contributed by atoms with Gasteiger partial charge in [-0.2, -0.15) is 0 Å². The van der Waals surface area contributed by atoms with Crippen molar-refractivity contribution in [3.05, 3.63) is 58.1 Å². The van der Waals surface area contributed by atoms with Crippen molar-refractivity contribution in [3.8, 4) is 17.1 Å². The first-order chi connectivity index (χ1) is 10.7. The number of nitrogens with one attached hydrogen (secondary N) is 1. The van der Waals surface area contributed by atoms with E-state index in [1.807, 2.05) is 6.07 Å². The zero-order chi connectivity index (χ0) is 15.1. The van der Waals surface area contributed by atoms with Crippen molar-refractivity contribution >= 4 is 10.9 Å². The third-order valence-electron chi connectivity index (χ3n) is 3.84. The first-order valence-electron chi connectivity index (χ1n) is 7.17. The van der Waals surface area contributed by atoms with E-state index in [1.165, 1.54) is 12.1 Å². The smallest absolute Gasteiger partial charge is 0.259 e. The number of hydrogen-bond donors (Lipinski definition) is 1. The Kier molecular flexibility index (Phi) is 2.92. The van der Waals surface area contributed by atoms with Crippen LogP contribution in [0.25, 0.3) is 22.3 Å². The molecule has 0 radical (unpaired) electrons. The molecule has 0 unspecified atom stereocenters. The molecule has 0 atom stereocenters. The minimum Gasteiger partial charge on any atom is -0.493 e. The SMILES string of the molecule is O=c1[nH]c(-c2cc(F)cc3c2OCCC3)nc2ccccc12. The van der Waals surface area contributed by atoms with Gasteiger partial charge in [0.2, 0.25) is 0 Å². The van der Waals surface area contributed by atoms with E-state index in [4.69, 9.17) is 4.74 Å². The van der Waals surface area contributed by atoms with Crippen molar-refractivity contribution in [3.63, 3.8) is 0 Å². The molecule has 5 heteroatoms. The summed E-state index contributed by atoms with van der Waals surface area (Å²) in [5.74, 6) is 0.600. The van der Waals surface area contributed by atoms with Crippen LogP contribution in [0.15, 0.2) is 41.2 Å². The highest BCUT2D eigenvalue weighted by molar-refractivity contribution is 5.80. The van der Waals surface area contributed by atoms with E-state index in [0.717, 1.165) is 18.4 Å². The lowest BCUT2D eigenvalue weighted by molar-refractivity contribution is 0.288. The van der Waals surface area contributed by atoms with Gasteiger partial charge in [-0.15, -0.1) is 0 Å². The van der Waals surface area contributed by atoms with Crippen LogP contribution in [0.4, 0.5) is 4.39 Å². The minimum atomic E-state index is -0.352. The molecule has 3 aromatic rings. The Hall–Kier alpha value is -2.69. The van der Waals surface area contributed by atoms with Gasteiger partial charge in [0.1, 0.15) is 17.4 Å². The van der Waals surface area contributed by atoms with Crippen molar-refractivity contribution in [1.29, 1.82) is 0 Å². The Balaban J connectivity index is 1.99. The van der Waals surface area contributed by atoms with Gasteiger partial charge in [-0.3, -0.25) is 4.79 Å². The largest absolute Gasteiger partial charge is 0.493 e. The zero-order valence-electron chi connectivity index (χ0n) is 11.7. The van der Waals surface area contributed by atoms with Crippen LogP contribution < -0.4 is 10.3 Å². The van der Waals surface area contributed by atoms with Crippen molar-refractivity contribution in [2.75, 3.05) is 6.61 Å². The number of hydrogen-bond acceptors (Lipinski definition) is 3. The Morgan fingerprint density at radius 1 is 1.23 bits per heavy atom. The summed E-state index contributed by atoms with van der Waals surface area (Å²) in [7, 11) is 0. The van der Waals surface area contributed by atoms with Crippen LogP contribution in [0.1, 0.15) is 12.0 Å². The normalized spacial score (nSPS) is 13.7. The second-order valence-electron chi connectivity index (χ2n) is 5.33. The summed E-state index contributed by atoms with van der Waals surface area (Å²) >= 11 is 0. The van der Waals surface area contributed by atoms with Gasteiger partial charge in [-0.1, -0.05) is 12.1 Å². The number of benzene rings is 2. The van der Waals surface area contributed by atoms with E-state index in [1.54, 1.807) is 18.2 Å². The minimum absolute atomic E-state index is 0.241. The van der Waals surface area contributed by atoms with Crippen LogP contribution in [-0.4, -0.2) is 16.6 Å². The van der Waals surface area contributed by atoms with E-state index in [9.17, 15) is 9.18 Å². The summed E-state index contributed by atoms with van der Waals surface area (Å²) in [6.45, 7) is 0.587. The molecular weight excluding hydrogens is 283 g/mol. The summed E-state index contributed by atoms with van der Waals surface area (Å²) < 4.78 is 19.6. The van der Waals surface area contributed by atoms with E-state index in [2.05, 4.69) is 9.97 Å². The molecular formula is C17H13FN2O2. The quantitative estimate of drug-likeness (QED) is 0.751. The van der Waals surface area contributed by atoms with Gasteiger partial charge in [0.25, 0.3) is 5.56 Å². The van der Waals surface area contributed by atoms with E-state index >= 15 is 0 Å². The first kappa shape index (κ1) is 13.0.